The predicted molar refractivity (Wildman–Crippen MR) is 82.9 cm³/mol. The minimum absolute atomic E-state index is 0.229. The van der Waals surface area contributed by atoms with Crippen LogP contribution in [0.1, 0.15) is 5.56 Å². The largest absolute Gasteiger partial charge is 0.454 e. The van der Waals surface area contributed by atoms with E-state index in [2.05, 4.69) is 5.10 Å². The molecular formula is C18H13FN2O. The number of nitrogens with zero attached hydrogens (tertiary/aromatic N) is 2. The van der Waals surface area contributed by atoms with E-state index in [0.717, 1.165) is 28.0 Å². The molecule has 4 heteroatoms. The Labute approximate surface area is 126 Å². The highest BCUT2D eigenvalue weighted by atomic mass is 19.1. The third-order valence-electron chi connectivity index (χ3n) is 3.58. The molecule has 4 rings (SSSR count). The lowest BCUT2D eigenvalue weighted by molar-refractivity contribution is 0.618. The first kappa shape index (κ1) is 12.8. The minimum atomic E-state index is -0.229. The van der Waals surface area contributed by atoms with E-state index in [1.165, 1.54) is 12.1 Å². The Morgan fingerprint density at radius 1 is 1.00 bits per heavy atom. The lowest BCUT2D eigenvalue weighted by Gasteiger charge is -2.01. The van der Waals surface area contributed by atoms with Gasteiger partial charge in [-0.25, -0.2) is 4.39 Å². The number of benzene rings is 2. The molecule has 0 saturated heterocycles. The van der Waals surface area contributed by atoms with E-state index in [1.54, 1.807) is 12.1 Å². The Morgan fingerprint density at radius 3 is 2.64 bits per heavy atom. The van der Waals surface area contributed by atoms with Gasteiger partial charge in [0, 0.05) is 11.6 Å². The zero-order valence-corrected chi connectivity index (χ0v) is 11.7. The molecule has 0 aliphatic rings. The number of fused-ring (bicyclic) bond motifs is 1. The molecule has 2 aromatic heterocycles. The van der Waals surface area contributed by atoms with E-state index in [9.17, 15) is 4.39 Å². The average molecular weight is 292 g/mol. The molecule has 2 heterocycles. The second-order valence-electron chi connectivity index (χ2n) is 5.17. The Morgan fingerprint density at radius 2 is 1.82 bits per heavy atom. The fraction of sp³-hybridized carbons (Fsp3) is 0.0556. The molecule has 0 radical (unpaired) electrons. The SMILES string of the molecule is Fc1ccc(Cn2ccc(-c3cc4ccccc4o3)n2)cc1. The molecule has 0 fully saturated rings. The highest BCUT2D eigenvalue weighted by Gasteiger charge is 2.09. The summed E-state index contributed by atoms with van der Waals surface area (Å²) in [6, 6.07) is 18.2. The lowest BCUT2D eigenvalue weighted by atomic mass is 10.2. The maximum absolute atomic E-state index is 12.9. The second-order valence-corrected chi connectivity index (χ2v) is 5.17. The van der Waals surface area contributed by atoms with Crippen molar-refractivity contribution in [1.29, 1.82) is 0 Å². The summed E-state index contributed by atoms with van der Waals surface area (Å²) in [6.45, 7) is 0.598. The first-order valence-electron chi connectivity index (χ1n) is 7.05. The summed E-state index contributed by atoms with van der Waals surface area (Å²) in [7, 11) is 0. The van der Waals surface area contributed by atoms with Crippen molar-refractivity contribution in [2.75, 3.05) is 0 Å². The number of para-hydroxylation sites is 1. The van der Waals surface area contributed by atoms with Crippen LogP contribution < -0.4 is 0 Å². The van der Waals surface area contributed by atoms with Gasteiger partial charge in [-0.2, -0.15) is 5.10 Å². The van der Waals surface area contributed by atoms with Crippen LogP contribution in [0.3, 0.4) is 0 Å². The minimum Gasteiger partial charge on any atom is -0.454 e. The summed E-state index contributed by atoms with van der Waals surface area (Å²) >= 11 is 0. The van der Waals surface area contributed by atoms with Crippen LogP contribution in [0.4, 0.5) is 4.39 Å². The lowest BCUT2D eigenvalue weighted by Crippen LogP contribution is -2.00. The topological polar surface area (TPSA) is 31.0 Å². The molecule has 0 aliphatic carbocycles. The van der Waals surface area contributed by atoms with Crippen molar-refractivity contribution < 1.29 is 8.81 Å². The molecule has 0 bridgehead atoms. The average Bonchev–Trinajstić information content (AvgIpc) is 3.15. The van der Waals surface area contributed by atoms with Crippen molar-refractivity contribution in [3.63, 3.8) is 0 Å². The van der Waals surface area contributed by atoms with E-state index in [0.29, 0.717) is 6.54 Å². The molecule has 0 atom stereocenters. The monoisotopic (exact) mass is 292 g/mol. The van der Waals surface area contributed by atoms with Crippen LogP contribution in [0.5, 0.6) is 0 Å². The number of halogens is 1. The van der Waals surface area contributed by atoms with Crippen LogP contribution in [0, 0.1) is 5.82 Å². The van der Waals surface area contributed by atoms with E-state index < -0.39 is 0 Å². The summed E-state index contributed by atoms with van der Waals surface area (Å²) in [5.41, 5.74) is 2.64. The predicted octanol–water partition coefficient (Wildman–Crippen LogP) is 4.48. The zero-order chi connectivity index (χ0) is 14.9. The van der Waals surface area contributed by atoms with E-state index in [4.69, 9.17) is 4.42 Å². The Balaban J connectivity index is 1.61. The molecular weight excluding hydrogens is 279 g/mol. The first-order chi connectivity index (χ1) is 10.8. The van der Waals surface area contributed by atoms with Gasteiger partial charge in [0.25, 0.3) is 0 Å². The van der Waals surface area contributed by atoms with Crippen molar-refractivity contribution in [2.45, 2.75) is 6.54 Å². The molecule has 4 aromatic rings. The van der Waals surface area contributed by atoms with Gasteiger partial charge in [-0.3, -0.25) is 4.68 Å². The van der Waals surface area contributed by atoms with Crippen LogP contribution in [0.2, 0.25) is 0 Å². The molecule has 108 valence electrons. The van der Waals surface area contributed by atoms with Gasteiger partial charge in [-0.1, -0.05) is 30.3 Å². The summed E-state index contributed by atoms with van der Waals surface area (Å²) in [5, 5.41) is 5.58. The fourth-order valence-corrected chi connectivity index (χ4v) is 2.47. The van der Waals surface area contributed by atoms with Gasteiger partial charge in [-0.15, -0.1) is 0 Å². The van der Waals surface area contributed by atoms with Gasteiger partial charge >= 0.3 is 0 Å². The summed E-state index contributed by atoms with van der Waals surface area (Å²) < 4.78 is 20.5. The van der Waals surface area contributed by atoms with Crippen molar-refractivity contribution >= 4 is 11.0 Å². The Kier molecular flexibility index (Phi) is 3.00. The van der Waals surface area contributed by atoms with E-state index in [1.807, 2.05) is 47.3 Å². The quantitative estimate of drug-likeness (QED) is 0.557. The zero-order valence-electron chi connectivity index (χ0n) is 11.7. The van der Waals surface area contributed by atoms with Crippen LogP contribution in [0.15, 0.2) is 71.3 Å². The molecule has 0 spiro atoms. The van der Waals surface area contributed by atoms with Crippen LogP contribution >= 0.6 is 0 Å². The first-order valence-corrected chi connectivity index (χ1v) is 7.05. The number of hydrogen-bond donors (Lipinski definition) is 0. The van der Waals surface area contributed by atoms with Crippen molar-refractivity contribution in [3.8, 4) is 11.5 Å². The van der Waals surface area contributed by atoms with Gasteiger partial charge in [0.15, 0.2) is 5.76 Å². The third-order valence-corrected chi connectivity index (χ3v) is 3.58. The van der Waals surface area contributed by atoms with Crippen LogP contribution in [0.25, 0.3) is 22.4 Å². The second kappa shape index (κ2) is 5.15. The Bertz CT molecular complexity index is 889. The fourth-order valence-electron chi connectivity index (χ4n) is 2.47. The van der Waals surface area contributed by atoms with Gasteiger partial charge in [0.05, 0.1) is 6.54 Å². The molecule has 0 N–H and O–H groups in total. The molecule has 3 nitrogen and oxygen atoms in total. The number of aromatic nitrogens is 2. The Hall–Kier alpha value is -2.88. The van der Waals surface area contributed by atoms with E-state index >= 15 is 0 Å². The van der Waals surface area contributed by atoms with E-state index in [-0.39, 0.29) is 5.82 Å². The van der Waals surface area contributed by atoms with Crippen molar-refractivity contribution in [1.82, 2.24) is 9.78 Å². The van der Waals surface area contributed by atoms with Crippen LogP contribution in [-0.2, 0) is 6.54 Å². The maximum atomic E-state index is 12.9. The smallest absolute Gasteiger partial charge is 0.155 e. The third kappa shape index (κ3) is 2.39. The maximum Gasteiger partial charge on any atom is 0.155 e. The molecule has 0 unspecified atom stereocenters. The summed E-state index contributed by atoms with van der Waals surface area (Å²) in [5.74, 6) is 0.520. The van der Waals surface area contributed by atoms with Gasteiger partial charge < -0.3 is 4.42 Å². The standard InChI is InChI=1S/C18H13FN2O/c19-15-7-5-13(6-8-15)12-21-10-9-16(20-21)18-11-14-3-1-2-4-17(14)22-18/h1-11H,12H2. The summed E-state index contributed by atoms with van der Waals surface area (Å²) in [4.78, 5) is 0. The number of furan rings is 1. The normalized spacial score (nSPS) is 11.1. The van der Waals surface area contributed by atoms with Gasteiger partial charge in [-0.05, 0) is 35.9 Å². The number of rotatable bonds is 3. The van der Waals surface area contributed by atoms with Crippen molar-refractivity contribution in [3.05, 3.63) is 78.2 Å². The molecule has 0 saturated carbocycles. The summed E-state index contributed by atoms with van der Waals surface area (Å²) in [6.07, 6.45) is 1.89. The molecule has 2 aromatic carbocycles. The van der Waals surface area contributed by atoms with Gasteiger partial charge in [0.2, 0.25) is 0 Å². The molecule has 22 heavy (non-hydrogen) atoms. The molecule has 0 aliphatic heterocycles. The highest BCUT2D eigenvalue weighted by Crippen LogP contribution is 2.26. The number of hydrogen-bond acceptors (Lipinski definition) is 2. The van der Waals surface area contributed by atoms with Crippen LogP contribution in [-0.4, -0.2) is 9.78 Å². The highest BCUT2D eigenvalue weighted by molar-refractivity contribution is 5.81. The van der Waals surface area contributed by atoms with Crippen molar-refractivity contribution in [2.24, 2.45) is 0 Å². The molecule has 0 amide bonds. The van der Waals surface area contributed by atoms with Gasteiger partial charge in [0.1, 0.15) is 17.1 Å².